The van der Waals surface area contributed by atoms with Crippen LogP contribution in [0.1, 0.15) is 39.1 Å². The molecule has 0 saturated heterocycles. The number of aromatic nitrogens is 3. The van der Waals surface area contributed by atoms with E-state index in [9.17, 15) is 4.79 Å². The molecule has 0 atom stereocenters. The van der Waals surface area contributed by atoms with Crippen LogP contribution in [-0.2, 0) is 24.3 Å². The van der Waals surface area contributed by atoms with Gasteiger partial charge in [0.15, 0.2) is 5.96 Å². The fraction of sp³-hybridized carbons (Fsp3) is 0.500. The topological polar surface area (TPSA) is 96.2 Å². The number of carbonyl (C=O) groups excluding carboxylic acids is 1. The zero-order valence-corrected chi connectivity index (χ0v) is 17.2. The van der Waals surface area contributed by atoms with Gasteiger partial charge in [0.25, 0.3) is 0 Å². The minimum Gasteiger partial charge on any atom is -0.357 e. The highest BCUT2D eigenvalue weighted by molar-refractivity contribution is 5.92. The first-order valence-corrected chi connectivity index (χ1v) is 9.82. The largest absolute Gasteiger partial charge is 0.357 e. The smallest absolute Gasteiger partial charge is 0.226 e. The Bertz CT molecular complexity index is 765. The highest BCUT2D eigenvalue weighted by atomic mass is 16.1. The maximum absolute atomic E-state index is 11.8. The van der Waals surface area contributed by atoms with Gasteiger partial charge in [0.1, 0.15) is 12.2 Å². The lowest BCUT2D eigenvalue weighted by molar-refractivity contribution is -0.118. The number of anilines is 1. The van der Waals surface area contributed by atoms with Gasteiger partial charge in [0.2, 0.25) is 5.91 Å². The molecule has 0 fully saturated rings. The summed E-state index contributed by atoms with van der Waals surface area (Å²) >= 11 is 0. The van der Waals surface area contributed by atoms with Crippen molar-refractivity contribution in [3.05, 3.63) is 42.0 Å². The molecule has 0 aliphatic carbocycles. The summed E-state index contributed by atoms with van der Waals surface area (Å²) in [5.41, 5.74) is 1.88. The van der Waals surface area contributed by atoms with Gasteiger partial charge in [-0.1, -0.05) is 32.9 Å². The molecule has 28 heavy (non-hydrogen) atoms. The minimum absolute atomic E-state index is 0.0173. The van der Waals surface area contributed by atoms with E-state index in [0.717, 1.165) is 49.1 Å². The number of amides is 1. The lowest BCUT2D eigenvalue weighted by Crippen LogP contribution is -2.38. The van der Waals surface area contributed by atoms with E-state index in [1.807, 2.05) is 49.6 Å². The highest BCUT2D eigenvalue weighted by Crippen LogP contribution is 2.11. The van der Waals surface area contributed by atoms with E-state index >= 15 is 0 Å². The number of carbonyl (C=O) groups is 1. The number of aliphatic imine (C=N–C) groups is 1. The second-order valence-electron chi connectivity index (χ2n) is 6.76. The summed E-state index contributed by atoms with van der Waals surface area (Å²) in [6.07, 6.45) is 2.62. The number of nitrogens with zero attached hydrogens (tertiary/aromatic N) is 4. The molecule has 8 heteroatoms. The monoisotopic (exact) mass is 385 g/mol. The molecule has 152 valence electrons. The van der Waals surface area contributed by atoms with E-state index in [1.54, 1.807) is 6.33 Å². The Morgan fingerprint density at radius 1 is 1.18 bits per heavy atom. The standard InChI is InChI=1S/C20H31N7O/c1-5-18-26-24-14-27(18)12-11-22-20(21-6-2)23-13-16-7-9-17(10-8-16)25-19(28)15(3)4/h7-10,14-15H,5-6,11-13H2,1-4H3,(H,25,28)(H2,21,22,23). The van der Waals surface area contributed by atoms with E-state index in [-0.39, 0.29) is 11.8 Å². The molecule has 1 aromatic heterocycles. The predicted octanol–water partition coefficient (Wildman–Crippen LogP) is 2.19. The second-order valence-corrected chi connectivity index (χ2v) is 6.76. The summed E-state index contributed by atoms with van der Waals surface area (Å²) in [6, 6.07) is 7.77. The van der Waals surface area contributed by atoms with Crippen molar-refractivity contribution >= 4 is 17.6 Å². The van der Waals surface area contributed by atoms with Gasteiger partial charge in [-0.25, -0.2) is 4.99 Å². The van der Waals surface area contributed by atoms with Gasteiger partial charge in [-0.3, -0.25) is 4.79 Å². The molecule has 1 aromatic carbocycles. The third-order valence-electron chi connectivity index (χ3n) is 4.17. The number of benzene rings is 1. The van der Waals surface area contributed by atoms with Gasteiger partial charge >= 0.3 is 0 Å². The van der Waals surface area contributed by atoms with E-state index < -0.39 is 0 Å². The third kappa shape index (κ3) is 6.68. The molecule has 0 aliphatic heterocycles. The summed E-state index contributed by atoms with van der Waals surface area (Å²) in [6.45, 7) is 10.7. The predicted molar refractivity (Wildman–Crippen MR) is 112 cm³/mol. The Morgan fingerprint density at radius 2 is 1.93 bits per heavy atom. The van der Waals surface area contributed by atoms with Crippen molar-refractivity contribution in [2.24, 2.45) is 10.9 Å². The van der Waals surface area contributed by atoms with Gasteiger partial charge in [-0.2, -0.15) is 0 Å². The van der Waals surface area contributed by atoms with Crippen molar-refractivity contribution in [1.82, 2.24) is 25.4 Å². The Morgan fingerprint density at radius 3 is 2.57 bits per heavy atom. The molecular weight excluding hydrogens is 354 g/mol. The minimum atomic E-state index is -0.0375. The van der Waals surface area contributed by atoms with Gasteiger partial charge < -0.3 is 20.5 Å². The van der Waals surface area contributed by atoms with Crippen LogP contribution in [0.25, 0.3) is 0 Å². The summed E-state index contributed by atoms with van der Waals surface area (Å²) < 4.78 is 2.04. The van der Waals surface area contributed by atoms with Crippen molar-refractivity contribution in [2.45, 2.75) is 47.2 Å². The van der Waals surface area contributed by atoms with Gasteiger partial charge in [-0.15, -0.1) is 10.2 Å². The number of nitrogens with one attached hydrogen (secondary N) is 3. The van der Waals surface area contributed by atoms with Crippen LogP contribution in [0.3, 0.4) is 0 Å². The quantitative estimate of drug-likeness (QED) is 0.454. The maximum atomic E-state index is 11.8. The molecule has 2 rings (SSSR count). The number of rotatable bonds is 9. The fourth-order valence-electron chi connectivity index (χ4n) is 2.53. The van der Waals surface area contributed by atoms with Crippen LogP contribution in [0.5, 0.6) is 0 Å². The molecule has 0 unspecified atom stereocenters. The molecular formula is C20H31N7O. The van der Waals surface area contributed by atoms with Crippen molar-refractivity contribution in [3.8, 4) is 0 Å². The molecule has 1 amide bonds. The van der Waals surface area contributed by atoms with Crippen molar-refractivity contribution in [2.75, 3.05) is 18.4 Å². The Balaban J connectivity index is 1.88. The van der Waals surface area contributed by atoms with Crippen LogP contribution in [0.4, 0.5) is 5.69 Å². The lowest BCUT2D eigenvalue weighted by Gasteiger charge is -2.12. The van der Waals surface area contributed by atoms with E-state index in [4.69, 9.17) is 0 Å². The summed E-state index contributed by atoms with van der Waals surface area (Å²) in [4.78, 5) is 16.4. The van der Waals surface area contributed by atoms with Crippen LogP contribution in [0, 0.1) is 5.92 Å². The summed E-state index contributed by atoms with van der Waals surface area (Å²) in [5, 5.41) is 17.5. The van der Waals surface area contributed by atoms with Crippen LogP contribution < -0.4 is 16.0 Å². The second kappa shape index (κ2) is 11.1. The Kier molecular flexibility index (Phi) is 8.45. The molecule has 0 radical (unpaired) electrons. The molecule has 0 bridgehead atoms. The van der Waals surface area contributed by atoms with Gasteiger partial charge in [0.05, 0.1) is 6.54 Å². The average Bonchev–Trinajstić information content (AvgIpc) is 3.14. The van der Waals surface area contributed by atoms with Crippen molar-refractivity contribution in [3.63, 3.8) is 0 Å². The average molecular weight is 386 g/mol. The summed E-state index contributed by atoms with van der Waals surface area (Å²) in [5.74, 6) is 1.73. The first-order chi connectivity index (χ1) is 13.5. The zero-order valence-electron chi connectivity index (χ0n) is 17.2. The van der Waals surface area contributed by atoms with Crippen LogP contribution in [0.2, 0.25) is 0 Å². The van der Waals surface area contributed by atoms with Crippen molar-refractivity contribution in [1.29, 1.82) is 0 Å². The molecule has 0 aliphatic rings. The first kappa shape index (κ1) is 21.4. The number of guanidine groups is 1. The van der Waals surface area contributed by atoms with E-state index in [2.05, 4.69) is 38.1 Å². The molecule has 1 heterocycles. The van der Waals surface area contributed by atoms with E-state index in [1.165, 1.54) is 0 Å². The molecule has 0 spiro atoms. The third-order valence-corrected chi connectivity index (χ3v) is 4.17. The maximum Gasteiger partial charge on any atom is 0.226 e. The number of hydrogen-bond acceptors (Lipinski definition) is 4. The Hall–Kier alpha value is -2.90. The highest BCUT2D eigenvalue weighted by Gasteiger charge is 2.07. The van der Waals surface area contributed by atoms with E-state index in [0.29, 0.717) is 6.54 Å². The van der Waals surface area contributed by atoms with Crippen LogP contribution in [0.15, 0.2) is 35.6 Å². The molecule has 8 nitrogen and oxygen atoms in total. The van der Waals surface area contributed by atoms with Gasteiger partial charge in [-0.05, 0) is 24.6 Å². The van der Waals surface area contributed by atoms with Crippen molar-refractivity contribution < 1.29 is 4.79 Å². The molecule has 3 N–H and O–H groups in total. The lowest BCUT2D eigenvalue weighted by atomic mass is 10.2. The number of hydrogen-bond donors (Lipinski definition) is 3. The van der Waals surface area contributed by atoms with Gasteiger partial charge in [0, 0.05) is 37.7 Å². The van der Waals surface area contributed by atoms with Crippen LogP contribution in [-0.4, -0.2) is 39.7 Å². The number of aryl methyl sites for hydroxylation is 1. The first-order valence-electron chi connectivity index (χ1n) is 9.82. The SMILES string of the molecule is CCNC(=NCc1ccc(NC(=O)C(C)C)cc1)NCCn1cnnc1CC. The normalized spacial score (nSPS) is 11.5. The molecule has 0 saturated carbocycles. The fourth-order valence-corrected chi connectivity index (χ4v) is 2.53. The zero-order chi connectivity index (χ0) is 20.4. The summed E-state index contributed by atoms with van der Waals surface area (Å²) in [7, 11) is 0. The van der Waals surface area contributed by atoms with Crippen LogP contribution >= 0.6 is 0 Å². The molecule has 2 aromatic rings. The Labute approximate surface area is 166 Å².